The van der Waals surface area contributed by atoms with Gasteiger partial charge in [0, 0.05) is 11.8 Å². The maximum Gasteiger partial charge on any atom is 0.354 e. The number of aryl methyl sites for hydroxylation is 1. The molecule has 1 saturated carbocycles. The second kappa shape index (κ2) is 4.60. The van der Waals surface area contributed by atoms with Gasteiger partial charge < -0.3 is 5.11 Å². The molecule has 4 heteroatoms. The summed E-state index contributed by atoms with van der Waals surface area (Å²) in [6.45, 7) is 1.72. The Kier molecular flexibility index (Phi) is 3.17. The lowest BCUT2D eigenvalue weighted by Gasteiger charge is -2.22. The first-order valence-corrected chi connectivity index (χ1v) is 5.75. The highest BCUT2D eigenvalue weighted by molar-refractivity contribution is 5.87. The Morgan fingerprint density at radius 3 is 2.69 bits per heavy atom. The standard InChI is InChI=1S/C12H16N2O2/c1-8-13-7-10(11(14-8)12(15)16)9-5-3-2-4-6-9/h7,9H,2-6H2,1H3,(H,15,16). The maximum atomic E-state index is 11.1. The number of aromatic carboxylic acids is 1. The summed E-state index contributed by atoms with van der Waals surface area (Å²) >= 11 is 0. The molecule has 1 fully saturated rings. The number of hydrogen-bond donors (Lipinski definition) is 1. The van der Waals surface area contributed by atoms with Crippen LogP contribution in [0.5, 0.6) is 0 Å². The Labute approximate surface area is 94.7 Å². The fourth-order valence-electron chi connectivity index (χ4n) is 2.36. The van der Waals surface area contributed by atoms with E-state index in [4.69, 9.17) is 5.11 Å². The fourth-order valence-corrected chi connectivity index (χ4v) is 2.36. The summed E-state index contributed by atoms with van der Waals surface area (Å²) in [7, 11) is 0. The van der Waals surface area contributed by atoms with E-state index in [1.807, 2.05) is 0 Å². The second-order valence-electron chi connectivity index (χ2n) is 4.36. The minimum Gasteiger partial charge on any atom is -0.477 e. The lowest BCUT2D eigenvalue weighted by molar-refractivity contribution is 0.0687. The monoisotopic (exact) mass is 220 g/mol. The lowest BCUT2D eigenvalue weighted by Crippen LogP contribution is -2.14. The predicted molar refractivity (Wildman–Crippen MR) is 59.6 cm³/mol. The number of carbonyl (C=O) groups is 1. The van der Waals surface area contributed by atoms with Gasteiger partial charge in [0.25, 0.3) is 0 Å². The molecule has 1 aromatic rings. The summed E-state index contributed by atoms with van der Waals surface area (Å²) in [6, 6.07) is 0. The molecule has 0 unspecified atom stereocenters. The van der Waals surface area contributed by atoms with E-state index in [0.29, 0.717) is 11.7 Å². The zero-order valence-electron chi connectivity index (χ0n) is 9.44. The third-order valence-electron chi connectivity index (χ3n) is 3.19. The number of carboxylic acid groups (broad SMARTS) is 1. The van der Waals surface area contributed by atoms with Gasteiger partial charge in [-0.3, -0.25) is 0 Å². The van der Waals surface area contributed by atoms with Crippen molar-refractivity contribution in [3.8, 4) is 0 Å². The summed E-state index contributed by atoms with van der Waals surface area (Å²) < 4.78 is 0. The van der Waals surface area contributed by atoms with E-state index < -0.39 is 5.97 Å². The van der Waals surface area contributed by atoms with E-state index in [1.165, 1.54) is 19.3 Å². The first kappa shape index (κ1) is 11.0. The largest absolute Gasteiger partial charge is 0.477 e. The molecule has 16 heavy (non-hydrogen) atoms. The molecule has 0 radical (unpaired) electrons. The van der Waals surface area contributed by atoms with Crippen LogP contribution in [-0.4, -0.2) is 21.0 Å². The zero-order chi connectivity index (χ0) is 11.5. The van der Waals surface area contributed by atoms with Crippen molar-refractivity contribution >= 4 is 5.97 Å². The molecular formula is C12H16N2O2. The van der Waals surface area contributed by atoms with Crippen molar-refractivity contribution in [2.45, 2.75) is 44.9 Å². The van der Waals surface area contributed by atoms with Crippen LogP contribution >= 0.6 is 0 Å². The van der Waals surface area contributed by atoms with Crippen LogP contribution in [0.3, 0.4) is 0 Å². The molecule has 2 rings (SSSR count). The number of nitrogens with zero attached hydrogens (tertiary/aromatic N) is 2. The van der Waals surface area contributed by atoms with Crippen molar-refractivity contribution in [2.24, 2.45) is 0 Å². The average molecular weight is 220 g/mol. The van der Waals surface area contributed by atoms with Crippen molar-refractivity contribution in [3.63, 3.8) is 0 Å². The topological polar surface area (TPSA) is 63.1 Å². The summed E-state index contributed by atoms with van der Waals surface area (Å²) in [6.07, 6.45) is 7.43. The molecule has 1 aliphatic rings. The minimum atomic E-state index is -0.939. The van der Waals surface area contributed by atoms with Crippen molar-refractivity contribution < 1.29 is 9.90 Å². The molecule has 1 heterocycles. The first-order valence-electron chi connectivity index (χ1n) is 5.75. The molecule has 0 bridgehead atoms. The summed E-state index contributed by atoms with van der Waals surface area (Å²) in [4.78, 5) is 19.3. The van der Waals surface area contributed by atoms with Crippen molar-refractivity contribution in [1.82, 2.24) is 9.97 Å². The van der Waals surface area contributed by atoms with Gasteiger partial charge >= 0.3 is 5.97 Å². The summed E-state index contributed by atoms with van der Waals surface area (Å²) in [5.74, 6) is -0.0801. The third-order valence-corrected chi connectivity index (χ3v) is 3.19. The minimum absolute atomic E-state index is 0.194. The molecule has 4 nitrogen and oxygen atoms in total. The smallest absolute Gasteiger partial charge is 0.354 e. The van der Waals surface area contributed by atoms with Crippen molar-refractivity contribution in [3.05, 3.63) is 23.3 Å². The quantitative estimate of drug-likeness (QED) is 0.831. The molecule has 1 aromatic heterocycles. The fraction of sp³-hybridized carbons (Fsp3) is 0.583. The number of carboxylic acids is 1. The molecule has 0 aromatic carbocycles. The maximum absolute atomic E-state index is 11.1. The Balaban J connectivity index is 2.34. The molecule has 0 aliphatic heterocycles. The van der Waals surface area contributed by atoms with Crippen LogP contribution in [0.15, 0.2) is 6.20 Å². The summed E-state index contributed by atoms with van der Waals surface area (Å²) in [5.41, 5.74) is 1.01. The van der Waals surface area contributed by atoms with E-state index in [-0.39, 0.29) is 5.69 Å². The molecule has 0 atom stereocenters. The highest BCUT2D eigenvalue weighted by Gasteiger charge is 2.22. The van der Waals surface area contributed by atoms with Crippen LogP contribution in [-0.2, 0) is 0 Å². The van der Waals surface area contributed by atoms with Gasteiger partial charge in [-0.25, -0.2) is 14.8 Å². The van der Waals surface area contributed by atoms with Crippen molar-refractivity contribution in [2.75, 3.05) is 0 Å². The summed E-state index contributed by atoms with van der Waals surface area (Å²) in [5, 5.41) is 9.13. The number of rotatable bonds is 2. The first-order chi connectivity index (χ1) is 7.68. The van der Waals surface area contributed by atoms with Crippen LogP contribution in [0.1, 0.15) is 59.9 Å². The number of hydrogen-bond acceptors (Lipinski definition) is 3. The van der Waals surface area contributed by atoms with Crippen LogP contribution in [0.4, 0.5) is 0 Å². The van der Waals surface area contributed by atoms with Crippen molar-refractivity contribution in [1.29, 1.82) is 0 Å². The highest BCUT2D eigenvalue weighted by atomic mass is 16.4. The molecule has 0 amide bonds. The van der Waals surface area contributed by atoms with Gasteiger partial charge in [-0.2, -0.15) is 0 Å². The third kappa shape index (κ3) is 2.21. The molecule has 1 N–H and O–H groups in total. The van der Waals surface area contributed by atoms with Gasteiger partial charge in [0.1, 0.15) is 5.82 Å². The van der Waals surface area contributed by atoms with Gasteiger partial charge in [0.15, 0.2) is 5.69 Å². The molecule has 0 saturated heterocycles. The van der Waals surface area contributed by atoms with Gasteiger partial charge in [-0.1, -0.05) is 19.3 Å². The zero-order valence-corrected chi connectivity index (χ0v) is 9.44. The van der Waals surface area contributed by atoms with Gasteiger partial charge in [0.2, 0.25) is 0 Å². The Morgan fingerprint density at radius 2 is 2.06 bits per heavy atom. The normalized spacial score (nSPS) is 17.3. The molecular weight excluding hydrogens is 204 g/mol. The Hall–Kier alpha value is -1.45. The predicted octanol–water partition coefficient (Wildman–Crippen LogP) is 2.53. The van der Waals surface area contributed by atoms with E-state index in [9.17, 15) is 4.79 Å². The van der Waals surface area contributed by atoms with E-state index in [0.717, 1.165) is 18.4 Å². The van der Waals surface area contributed by atoms with Crippen LogP contribution in [0.2, 0.25) is 0 Å². The van der Waals surface area contributed by atoms with E-state index >= 15 is 0 Å². The van der Waals surface area contributed by atoms with Gasteiger partial charge in [0.05, 0.1) is 0 Å². The highest BCUT2D eigenvalue weighted by Crippen LogP contribution is 2.33. The number of aromatic nitrogens is 2. The average Bonchev–Trinajstić information content (AvgIpc) is 2.30. The second-order valence-corrected chi connectivity index (χ2v) is 4.36. The van der Waals surface area contributed by atoms with E-state index in [1.54, 1.807) is 13.1 Å². The Morgan fingerprint density at radius 1 is 1.38 bits per heavy atom. The molecule has 1 aliphatic carbocycles. The SMILES string of the molecule is Cc1ncc(C2CCCCC2)c(C(=O)O)n1. The lowest BCUT2D eigenvalue weighted by atomic mass is 9.84. The Bertz CT molecular complexity index is 398. The molecule has 86 valence electrons. The van der Waals surface area contributed by atoms with Gasteiger partial charge in [-0.05, 0) is 25.7 Å². The molecule has 0 spiro atoms. The van der Waals surface area contributed by atoms with Gasteiger partial charge in [-0.15, -0.1) is 0 Å². The van der Waals surface area contributed by atoms with Crippen LogP contribution in [0, 0.1) is 6.92 Å². The van der Waals surface area contributed by atoms with Crippen LogP contribution < -0.4 is 0 Å². The van der Waals surface area contributed by atoms with Crippen LogP contribution in [0.25, 0.3) is 0 Å². The van der Waals surface area contributed by atoms with E-state index in [2.05, 4.69) is 9.97 Å².